The Morgan fingerprint density at radius 1 is 1.10 bits per heavy atom. The molecule has 1 fully saturated rings. The molecule has 0 bridgehead atoms. The molecule has 13 nitrogen and oxygen atoms in total. The molecule has 41 heavy (non-hydrogen) atoms. The number of benzene rings is 2. The third kappa shape index (κ3) is 5.96. The molecule has 0 unspecified atom stereocenters. The summed E-state index contributed by atoms with van der Waals surface area (Å²) in [7, 11) is 1.59. The number of likely N-dealkylation sites (N-methyl/N-ethyl adjacent to an activating group) is 1. The van der Waals surface area contributed by atoms with Crippen LogP contribution in [0.3, 0.4) is 0 Å². The lowest BCUT2D eigenvalue weighted by Crippen LogP contribution is -2.53. The van der Waals surface area contributed by atoms with Crippen molar-refractivity contribution < 1.29 is 24.5 Å². The zero-order chi connectivity index (χ0) is 29.3. The molecule has 2 aromatic carbocycles. The van der Waals surface area contributed by atoms with Gasteiger partial charge in [-0.25, -0.2) is 9.78 Å². The average Bonchev–Trinajstić information content (AvgIpc) is 3.47. The van der Waals surface area contributed by atoms with E-state index in [2.05, 4.69) is 15.3 Å². The van der Waals surface area contributed by atoms with E-state index in [-0.39, 0.29) is 13.0 Å². The number of H-pyrrole nitrogens is 2. The fourth-order valence-electron chi connectivity index (χ4n) is 4.86. The molecule has 0 saturated carbocycles. The number of hydrogen-bond donors (Lipinski definition) is 5. The van der Waals surface area contributed by atoms with Gasteiger partial charge < -0.3 is 30.2 Å². The quantitative estimate of drug-likeness (QED) is 0.194. The number of aliphatic hydroxyl groups excluding tert-OH is 2. The number of imidazole rings is 1. The molecular formula is C28H30N6O7. The van der Waals surface area contributed by atoms with Crippen molar-refractivity contribution in [2.75, 3.05) is 7.05 Å². The second kappa shape index (κ2) is 11.5. The van der Waals surface area contributed by atoms with Crippen molar-refractivity contribution in [3.8, 4) is 0 Å². The van der Waals surface area contributed by atoms with Crippen molar-refractivity contribution in [1.82, 2.24) is 29.7 Å². The summed E-state index contributed by atoms with van der Waals surface area (Å²) in [6, 6.07) is 14.9. The van der Waals surface area contributed by atoms with Gasteiger partial charge in [0.15, 0.2) is 12.3 Å². The highest BCUT2D eigenvalue weighted by Gasteiger charge is 2.48. The van der Waals surface area contributed by atoms with Gasteiger partial charge in [0, 0.05) is 25.7 Å². The average molecular weight is 563 g/mol. The summed E-state index contributed by atoms with van der Waals surface area (Å²) in [5.74, 6) is -0.697. The van der Waals surface area contributed by atoms with E-state index >= 15 is 0 Å². The topological polar surface area (TPSA) is 183 Å². The van der Waals surface area contributed by atoms with E-state index in [1.807, 2.05) is 60.4 Å². The molecule has 1 aliphatic rings. The Morgan fingerprint density at radius 2 is 1.85 bits per heavy atom. The molecule has 2 amide bonds. The Hall–Kier alpha value is -4.59. The van der Waals surface area contributed by atoms with Crippen LogP contribution < -0.4 is 16.6 Å². The van der Waals surface area contributed by atoms with Crippen LogP contribution in [0.2, 0.25) is 0 Å². The van der Waals surface area contributed by atoms with Crippen molar-refractivity contribution in [1.29, 1.82) is 0 Å². The molecule has 0 radical (unpaired) electrons. The Labute approximate surface area is 233 Å². The van der Waals surface area contributed by atoms with Gasteiger partial charge in [0.05, 0.1) is 17.6 Å². The minimum absolute atomic E-state index is 0.142. The summed E-state index contributed by atoms with van der Waals surface area (Å²) in [6.07, 6.45) is -5.15. The van der Waals surface area contributed by atoms with Gasteiger partial charge in [-0.05, 0) is 30.2 Å². The predicted molar refractivity (Wildman–Crippen MR) is 147 cm³/mol. The van der Waals surface area contributed by atoms with E-state index in [1.165, 1.54) is 4.90 Å². The lowest BCUT2D eigenvalue weighted by atomic mass is 10.0. The van der Waals surface area contributed by atoms with Gasteiger partial charge in [0.25, 0.3) is 11.5 Å². The molecule has 1 aliphatic heterocycles. The number of nitrogens with zero attached hydrogens (tertiary/aromatic N) is 3. The summed E-state index contributed by atoms with van der Waals surface area (Å²) < 4.78 is 6.45. The number of aryl methyl sites for hydroxylation is 1. The maximum Gasteiger partial charge on any atom is 0.330 e. The lowest BCUT2D eigenvalue weighted by Gasteiger charge is -2.26. The number of hydrogen-bond acceptors (Lipinski definition) is 8. The van der Waals surface area contributed by atoms with E-state index in [0.29, 0.717) is 5.82 Å². The number of aromatic nitrogens is 4. The van der Waals surface area contributed by atoms with Crippen molar-refractivity contribution in [3.63, 3.8) is 0 Å². The monoisotopic (exact) mass is 562 g/mol. The van der Waals surface area contributed by atoms with Gasteiger partial charge >= 0.3 is 5.69 Å². The van der Waals surface area contributed by atoms with E-state index in [0.717, 1.165) is 39.0 Å². The van der Waals surface area contributed by atoms with E-state index in [1.54, 1.807) is 7.05 Å². The Kier molecular flexibility index (Phi) is 7.83. The molecule has 0 aliphatic carbocycles. The first-order chi connectivity index (χ1) is 19.6. The highest BCUT2D eigenvalue weighted by molar-refractivity contribution is 5.90. The number of aromatic amines is 2. The summed E-state index contributed by atoms with van der Waals surface area (Å²) in [5.41, 5.74) is 1.92. The van der Waals surface area contributed by atoms with Crippen molar-refractivity contribution >= 4 is 22.8 Å². The molecule has 3 heterocycles. The molecule has 214 valence electrons. The van der Waals surface area contributed by atoms with Crippen LogP contribution >= 0.6 is 0 Å². The summed E-state index contributed by atoms with van der Waals surface area (Å²) in [5, 5.41) is 23.8. The van der Waals surface area contributed by atoms with Gasteiger partial charge in [-0.15, -0.1) is 0 Å². The number of carbonyl (C=O) groups excluding carboxylic acids is 2. The minimum Gasteiger partial charge on any atom is -0.387 e. The van der Waals surface area contributed by atoms with E-state index < -0.39 is 53.6 Å². The third-order valence-electron chi connectivity index (χ3n) is 6.97. The molecular weight excluding hydrogens is 532 g/mol. The van der Waals surface area contributed by atoms with Gasteiger partial charge in [-0.3, -0.25) is 23.9 Å². The van der Waals surface area contributed by atoms with Crippen LogP contribution in [-0.2, 0) is 27.3 Å². The van der Waals surface area contributed by atoms with Gasteiger partial charge in [-0.1, -0.05) is 36.4 Å². The maximum absolute atomic E-state index is 13.6. The molecule has 5 rings (SSSR count). The van der Waals surface area contributed by atoms with Crippen LogP contribution in [0.25, 0.3) is 11.0 Å². The third-order valence-corrected chi connectivity index (χ3v) is 6.97. The van der Waals surface area contributed by atoms with Gasteiger partial charge in [-0.2, -0.15) is 0 Å². The molecule has 1 saturated heterocycles. The number of fused-ring (bicyclic) bond motifs is 1. The SMILES string of the molecule is Cc1ccc2nc(CN(C)C(=O)[C@@H](Cc3ccccc3)NC(=O)[C@H]3O[C@@H](n4ccc(=O)[nH]c4=O)[C@H](O)[C@@H]3O)[nH]c2c1. The Morgan fingerprint density at radius 3 is 2.59 bits per heavy atom. The molecule has 13 heteroatoms. The summed E-state index contributed by atoms with van der Waals surface area (Å²) in [4.78, 5) is 61.8. The number of nitrogens with one attached hydrogen (secondary N) is 3. The smallest absolute Gasteiger partial charge is 0.330 e. The lowest BCUT2D eigenvalue weighted by molar-refractivity contribution is -0.143. The summed E-state index contributed by atoms with van der Waals surface area (Å²) in [6.45, 7) is 2.11. The molecule has 5 atom stereocenters. The molecule has 2 aromatic heterocycles. The second-order valence-electron chi connectivity index (χ2n) is 10.1. The zero-order valence-electron chi connectivity index (χ0n) is 22.4. The second-order valence-corrected chi connectivity index (χ2v) is 10.1. The first-order valence-corrected chi connectivity index (χ1v) is 13.0. The maximum atomic E-state index is 13.6. The van der Waals surface area contributed by atoms with Crippen LogP contribution in [0.1, 0.15) is 23.2 Å². The standard InChI is InChI=1S/C28H30N6O7/c1-15-8-9-17-18(12-15)30-20(29-17)14-33(2)26(39)19(13-16-6-4-3-5-7-16)31-25(38)24-22(36)23(37)27(41-24)34-11-10-21(35)32-28(34)40/h3-12,19,22-24,27,36-37H,13-14H2,1-2H3,(H,29,30)(H,31,38)(H,32,35,40)/t19-,22+,23-,24+,27-/m1/s1. The summed E-state index contributed by atoms with van der Waals surface area (Å²) >= 11 is 0. The fourth-order valence-corrected chi connectivity index (χ4v) is 4.86. The van der Waals surface area contributed by atoms with Crippen LogP contribution in [0, 0.1) is 6.92 Å². The number of amides is 2. The highest BCUT2D eigenvalue weighted by Crippen LogP contribution is 2.28. The number of rotatable bonds is 8. The van der Waals surface area contributed by atoms with Gasteiger partial charge in [0.2, 0.25) is 5.91 Å². The Balaban J connectivity index is 1.34. The number of carbonyl (C=O) groups is 2. The van der Waals surface area contributed by atoms with Gasteiger partial charge in [0.1, 0.15) is 24.1 Å². The minimum atomic E-state index is -1.71. The molecule has 0 spiro atoms. The zero-order valence-corrected chi connectivity index (χ0v) is 22.4. The first kappa shape index (κ1) is 28.0. The van der Waals surface area contributed by atoms with Crippen molar-refractivity contribution in [2.24, 2.45) is 0 Å². The highest BCUT2D eigenvalue weighted by atomic mass is 16.6. The fraction of sp³-hybridized carbons (Fsp3) is 0.321. The van der Waals surface area contributed by atoms with Crippen LogP contribution in [-0.4, -0.2) is 77.8 Å². The van der Waals surface area contributed by atoms with Crippen LogP contribution in [0.5, 0.6) is 0 Å². The predicted octanol–water partition coefficient (Wildman–Crippen LogP) is -0.273. The number of ether oxygens (including phenoxy) is 1. The molecule has 5 N–H and O–H groups in total. The van der Waals surface area contributed by atoms with Crippen molar-refractivity contribution in [3.05, 3.63) is 98.6 Å². The van der Waals surface area contributed by atoms with E-state index in [9.17, 15) is 29.4 Å². The van der Waals surface area contributed by atoms with Crippen LogP contribution in [0.4, 0.5) is 0 Å². The van der Waals surface area contributed by atoms with E-state index in [4.69, 9.17) is 4.74 Å². The van der Waals surface area contributed by atoms with Crippen molar-refractivity contribution in [2.45, 2.75) is 50.5 Å². The normalized spacial score (nSPS) is 21.1. The first-order valence-electron chi connectivity index (χ1n) is 13.0. The number of aliphatic hydroxyl groups is 2. The largest absolute Gasteiger partial charge is 0.387 e. The molecule has 4 aromatic rings. The Bertz CT molecular complexity index is 1680. The van der Waals surface area contributed by atoms with Crippen LogP contribution in [0.15, 0.2) is 70.4 Å².